The highest BCUT2D eigenvalue weighted by Gasteiger charge is 2.22. The van der Waals surface area contributed by atoms with Crippen molar-refractivity contribution in [3.05, 3.63) is 5.69 Å². The molecule has 0 amide bonds. The number of nitrogens with zero attached hydrogens (tertiary/aromatic N) is 2. The third-order valence-electron chi connectivity index (χ3n) is 3.19. The average Bonchev–Trinajstić information content (AvgIpc) is 2.81. The monoisotopic (exact) mass is 223 g/mol. The Morgan fingerprint density at radius 2 is 2.00 bits per heavy atom. The SMILES string of the molecule is CC(C)c1nn(C)c(OC2CCCC2)c1N. The summed E-state index contributed by atoms with van der Waals surface area (Å²) in [5.74, 6) is 1.09. The summed E-state index contributed by atoms with van der Waals surface area (Å²) in [6, 6.07) is 0. The first-order valence-corrected chi connectivity index (χ1v) is 6.08. The van der Waals surface area contributed by atoms with Gasteiger partial charge in [-0.05, 0) is 31.6 Å². The highest BCUT2D eigenvalue weighted by Crippen LogP contribution is 2.32. The van der Waals surface area contributed by atoms with E-state index in [0.717, 1.165) is 24.4 Å². The number of aromatic nitrogens is 2. The molecule has 2 rings (SSSR count). The number of ether oxygens (including phenoxy) is 1. The number of rotatable bonds is 3. The van der Waals surface area contributed by atoms with E-state index >= 15 is 0 Å². The van der Waals surface area contributed by atoms with Crippen LogP contribution in [0, 0.1) is 0 Å². The Balaban J connectivity index is 2.19. The van der Waals surface area contributed by atoms with Gasteiger partial charge in [0, 0.05) is 7.05 Å². The number of nitrogens with two attached hydrogens (primary N) is 1. The molecule has 1 fully saturated rings. The van der Waals surface area contributed by atoms with Crippen LogP contribution in [0.4, 0.5) is 5.69 Å². The van der Waals surface area contributed by atoms with Crippen molar-refractivity contribution in [3.63, 3.8) is 0 Å². The van der Waals surface area contributed by atoms with Crippen LogP contribution in [0.3, 0.4) is 0 Å². The number of anilines is 1. The summed E-state index contributed by atoms with van der Waals surface area (Å²) in [5.41, 5.74) is 7.73. The van der Waals surface area contributed by atoms with Crippen LogP contribution in [0.1, 0.15) is 51.1 Å². The van der Waals surface area contributed by atoms with Crippen LogP contribution in [-0.2, 0) is 7.05 Å². The third kappa shape index (κ3) is 2.01. The molecule has 0 spiro atoms. The quantitative estimate of drug-likeness (QED) is 0.856. The summed E-state index contributed by atoms with van der Waals surface area (Å²) in [6.45, 7) is 4.19. The van der Waals surface area contributed by atoms with Crippen molar-refractivity contribution in [1.82, 2.24) is 9.78 Å². The maximum absolute atomic E-state index is 6.07. The van der Waals surface area contributed by atoms with Gasteiger partial charge < -0.3 is 10.5 Å². The van der Waals surface area contributed by atoms with Gasteiger partial charge in [0.25, 0.3) is 0 Å². The van der Waals surface area contributed by atoms with Crippen LogP contribution in [0.25, 0.3) is 0 Å². The van der Waals surface area contributed by atoms with E-state index in [0.29, 0.717) is 17.7 Å². The average molecular weight is 223 g/mol. The molecule has 4 nitrogen and oxygen atoms in total. The molecule has 0 bridgehead atoms. The van der Waals surface area contributed by atoms with E-state index in [1.807, 2.05) is 7.05 Å². The maximum Gasteiger partial charge on any atom is 0.236 e. The lowest BCUT2D eigenvalue weighted by atomic mass is 10.1. The normalized spacial score (nSPS) is 17.2. The summed E-state index contributed by atoms with van der Waals surface area (Å²) >= 11 is 0. The summed E-state index contributed by atoms with van der Waals surface area (Å²) in [7, 11) is 1.90. The second kappa shape index (κ2) is 4.36. The highest BCUT2D eigenvalue weighted by molar-refractivity contribution is 5.54. The van der Waals surface area contributed by atoms with Gasteiger partial charge in [-0.25, -0.2) is 4.68 Å². The van der Waals surface area contributed by atoms with Crippen molar-refractivity contribution in [2.24, 2.45) is 7.05 Å². The maximum atomic E-state index is 6.07. The molecule has 0 aromatic carbocycles. The molecule has 1 aliphatic carbocycles. The van der Waals surface area contributed by atoms with E-state index in [2.05, 4.69) is 18.9 Å². The van der Waals surface area contributed by atoms with Crippen LogP contribution in [-0.4, -0.2) is 15.9 Å². The highest BCUT2D eigenvalue weighted by atomic mass is 16.5. The van der Waals surface area contributed by atoms with E-state index in [1.54, 1.807) is 4.68 Å². The molecule has 0 aliphatic heterocycles. The van der Waals surface area contributed by atoms with Crippen LogP contribution in [0.15, 0.2) is 0 Å². The first-order valence-electron chi connectivity index (χ1n) is 6.08. The molecule has 0 atom stereocenters. The Bertz CT molecular complexity index is 365. The molecule has 1 aromatic heterocycles. The van der Waals surface area contributed by atoms with Crippen molar-refractivity contribution in [2.45, 2.75) is 51.6 Å². The Kier molecular flexibility index (Phi) is 3.08. The second-order valence-electron chi connectivity index (χ2n) is 4.91. The predicted molar refractivity (Wildman–Crippen MR) is 64.6 cm³/mol. The van der Waals surface area contributed by atoms with Gasteiger partial charge in [0.1, 0.15) is 11.8 Å². The number of hydrogen-bond donors (Lipinski definition) is 1. The van der Waals surface area contributed by atoms with Gasteiger partial charge in [0.05, 0.1) is 5.69 Å². The minimum atomic E-state index is 0.331. The molecule has 4 heteroatoms. The summed E-state index contributed by atoms with van der Waals surface area (Å²) in [6.07, 6.45) is 5.14. The lowest BCUT2D eigenvalue weighted by Crippen LogP contribution is -2.14. The van der Waals surface area contributed by atoms with Crippen molar-refractivity contribution >= 4 is 5.69 Å². The van der Waals surface area contributed by atoms with Gasteiger partial charge in [-0.15, -0.1) is 0 Å². The van der Waals surface area contributed by atoms with Gasteiger partial charge in [0.15, 0.2) is 0 Å². The topological polar surface area (TPSA) is 53.1 Å². The Morgan fingerprint density at radius 3 is 2.50 bits per heavy atom. The van der Waals surface area contributed by atoms with E-state index in [4.69, 9.17) is 10.5 Å². The molecule has 1 aliphatic rings. The molecule has 2 N–H and O–H groups in total. The lowest BCUT2D eigenvalue weighted by molar-refractivity contribution is 0.193. The van der Waals surface area contributed by atoms with Crippen molar-refractivity contribution in [1.29, 1.82) is 0 Å². The first kappa shape index (κ1) is 11.3. The van der Waals surface area contributed by atoms with Gasteiger partial charge in [-0.3, -0.25) is 0 Å². The molecular weight excluding hydrogens is 202 g/mol. The van der Waals surface area contributed by atoms with E-state index in [-0.39, 0.29) is 0 Å². The summed E-state index contributed by atoms with van der Waals surface area (Å²) < 4.78 is 7.71. The predicted octanol–water partition coefficient (Wildman–Crippen LogP) is 2.45. The molecular formula is C12H21N3O. The second-order valence-corrected chi connectivity index (χ2v) is 4.91. The minimum absolute atomic E-state index is 0.331. The van der Waals surface area contributed by atoms with Crippen molar-refractivity contribution in [2.75, 3.05) is 5.73 Å². The molecule has 90 valence electrons. The zero-order valence-corrected chi connectivity index (χ0v) is 10.4. The molecule has 1 heterocycles. The van der Waals surface area contributed by atoms with E-state index in [1.165, 1.54) is 12.8 Å². The van der Waals surface area contributed by atoms with Crippen molar-refractivity contribution < 1.29 is 4.74 Å². The molecule has 1 saturated carbocycles. The lowest BCUT2D eigenvalue weighted by Gasteiger charge is -2.13. The van der Waals surface area contributed by atoms with Gasteiger partial charge in [0.2, 0.25) is 5.88 Å². The largest absolute Gasteiger partial charge is 0.473 e. The fraction of sp³-hybridized carbons (Fsp3) is 0.750. The van der Waals surface area contributed by atoms with Crippen LogP contribution < -0.4 is 10.5 Å². The Labute approximate surface area is 96.8 Å². The molecule has 16 heavy (non-hydrogen) atoms. The molecule has 0 saturated heterocycles. The molecule has 0 unspecified atom stereocenters. The molecule has 1 aromatic rings. The van der Waals surface area contributed by atoms with Crippen LogP contribution in [0.2, 0.25) is 0 Å². The minimum Gasteiger partial charge on any atom is -0.473 e. The molecule has 0 radical (unpaired) electrons. The fourth-order valence-electron chi connectivity index (χ4n) is 2.28. The summed E-state index contributed by atoms with van der Waals surface area (Å²) in [5, 5.41) is 4.42. The van der Waals surface area contributed by atoms with Crippen LogP contribution >= 0.6 is 0 Å². The standard InChI is InChI=1S/C12H21N3O/c1-8(2)11-10(13)12(15(3)14-11)16-9-6-4-5-7-9/h8-9H,4-7,13H2,1-3H3. The zero-order chi connectivity index (χ0) is 11.7. The van der Waals surface area contributed by atoms with Gasteiger partial charge in [-0.1, -0.05) is 13.8 Å². The van der Waals surface area contributed by atoms with Gasteiger partial charge >= 0.3 is 0 Å². The van der Waals surface area contributed by atoms with E-state index < -0.39 is 0 Å². The van der Waals surface area contributed by atoms with Crippen LogP contribution in [0.5, 0.6) is 5.88 Å². The Hall–Kier alpha value is -1.19. The zero-order valence-electron chi connectivity index (χ0n) is 10.4. The van der Waals surface area contributed by atoms with Crippen molar-refractivity contribution in [3.8, 4) is 5.88 Å². The fourth-order valence-corrected chi connectivity index (χ4v) is 2.28. The number of nitrogen functional groups attached to an aromatic ring is 1. The number of aryl methyl sites for hydroxylation is 1. The van der Waals surface area contributed by atoms with E-state index in [9.17, 15) is 0 Å². The summed E-state index contributed by atoms with van der Waals surface area (Å²) in [4.78, 5) is 0. The third-order valence-corrected chi connectivity index (χ3v) is 3.19. The Morgan fingerprint density at radius 1 is 1.38 bits per heavy atom. The first-order chi connectivity index (χ1) is 7.59. The van der Waals surface area contributed by atoms with Gasteiger partial charge in [-0.2, -0.15) is 5.10 Å². The number of hydrogen-bond acceptors (Lipinski definition) is 3. The smallest absolute Gasteiger partial charge is 0.236 e.